The average Bonchev–Trinajstić information content (AvgIpc) is 3.06. The molecule has 1 aliphatic rings. The third-order valence-corrected chi connectivity index (χ3v) is 5.81. The van der Waals surface area contributed by atoms with Crippen LogP contribution in [0.1, 0.15) is 32.1 Å². The summed E-state index contributed by atoms with van der Waals surface area (Å²) in [7, 11) is 2.14. The van der Waals surface area contributed by atoms with Gasteiger partial charge in [0.1, 0.15) is 5.82 Å². The first-order valence-corrected chi connectivity index (χ1v) is 10.1. The smallest absolute Gasteiger partial charge is 0.204 e. The zero-order chi connectivity index (χ0) is 19.5. The van der Waals surface area contributed by atoms with E-state index in [0.717, 1.165) is 17.1 Å². The first-order chi connectivity index (χ1) is 13.6. The summed E-state index contributed by atoms with van der Waals surface area (Å²) >= 11 is 5.77. The zero-order valence-electron chi connectivity index (χ0n) is 16.0. The number of hydrogen-bond donors (Lipinski definition) is 0. The van der Waals surface area contributed by atoms with Gasteiger partial charge >= 0.3 is 0 Å². The number of hydrogen-bond acceptors (Lipinski definition) is 4. The van der Waals surface area contributed by atoms with Crippen molar-refractivity contribution in [1.82, 2.24) is 24.2 Å². The maximum Gasteiger partial charge on any atom is 0.204 e. The molecule has 2 heterocycles. The minimum atomic E-state index is -0.273. The van der Waals surface area contributed by atoms with Gasteiger partial charge < -0.3 is 0 Å². The van der Waals surface area contributed by atoms with E-state index in [1.54, 1.807) is 24.5 Å². The Bertz CT molecular complexity index is 974. The molecule has 1 aromatic carbocycles. The third-order valence-electron chi connectivity index (χ3n) is 5.42. The Morgan fingerprint density at radius 2 is 1.75 bits per heavy atom. The molecule has 4 rings (SSSR count). The third kappa shape index (κ3) is 3.91. The molecule has 1 fully saturated rings. The Balaban J connectivity index is 1.74. The molecular weight excluding hydrogens is 373 g/mol. The molecule has 28 heavy (non-hydrogen) atoms. The molecular formula is C21H24FN5S. The van der Waals surface area contributed by atoms with Crippen molar-refractivity contribution in [3.8, 4) is 17.1 Å². The zero-order valence-corrected chi connectivity index (χ0v) is 16.8. The molecule has 0 spiro atoms. The van der Waals surface area contributed by atoms with Crippen molar-refractivity contribution in [2.45, 2.75) is 44.8 Å². The molecule has 146 valence electrons. The number of aromatic nitrogens is 4. The topological polar surface area (TPSA) is 38.9 Å². The van der Waals surface area contributed by atoms with E-state index in [1.807, 2.05) is 21.4 Å². The van der Waals surface area contributed by atoms with Crippen LogP contribution in [0.3, 0.4) is 0 Å². The van der Waals surface area contributed by atoms with E-state index < -0.39 is 0 Å². The summed E-state index contributed by atoms with van der Waals surface area (Å²) in [4.78, 5) is 6.44. The summed E-state index contributed by atoms with van der Waals surface area (Å²) in [6.07, 6.45) is 9.81. The maximum absolute atomic E-state index is 13.4. The van der Waals surface area contributed by atoms with Crippen molar-refractivity contribution in [2.24, 2.45) is 0 Å². The maximum atomic E-state index is 13.4. The molecule has 0 atom stereocenters. The van der Waals surface area contributed by atoms with Gasteiger partial charge in [0.05, 0.1) is 12.4 Å². The van der Waals surface area contributed by atoms with Gasteiger partial charge in [-0.1, -0.05) is 19.3 Å². The highest BCUT2D eigenvalue weighted by Crippen LogP contribution is 2.25. The van der Waals surface area contributed by atoms with Crippen LogP contribution in [0.25, 0.3) is 17.1 Å². The first-order valence-electron chi connectivity index (χ1n) is 9.70. The van der Waals surface area contributed by atoms with Crippen LogP contribution in [0.4, 0.5) is 4.39 Å². The summed E-state index contributed by atoms with van der Waals surface area (Å²) < 4.78 is 17.8. The molecule has 7 heteroatoms. The lowest BCUT2D eigenvalue weighted by atomic mass is 9.95. The van der Waals surface area contributed by atoms with Gasteiger partial charge in [-0.2, -0.15) is 0 Å². The molecule has 0 N–H and O–H groups in total. The highest BCUT2D eigenvalue weighted by atomic mass is 32.1. The lowest BCUT2D eigenvalue weighted by molar-refractivity contribution is 0.145. The van der Waals surface area contributed by atoms with Crippen LogP contribution in [-0.4, -0.2) is 37.3 Å². The SMILES string of the molecule is CN(Cn1nc(-c2ccncc2)n(-c2ccc(F)cc2)c1=S)C1CCCCC1. The Morgan fingerprint density at radius 1 is 1.07 bits per heavy atom. The Hall–Kier alpha value is -2.38. The van der Waals surface area contributed by atoms with Gasteiger partial charge in [-0.05, 0) is 68.5 Å². The fraction of sp³-hybridized carbons (Fsp3) is 0.381. The molecule has 0 aliphatic heterocycles. The van der Waals surface area contributed by atoms with Crippen LogP contribution in [0.5, 0.6) is 0 Å². The second-order valence-corrected chi connectivity index (χ2v) is 7.71. The molecule has 1 aliphatic carbocycles. The summed E-state index contributed by atoms with van der Waals surface area (Å²) in [6.45, 7) is 0.635. The first kappa shape index (κ1) is 19.0. The predicted molar refractivity (Wildman–Crippen MR) is 110 cm³/mol. The van der Waals surface area contributed by atoms with Gasteiger partial charge in [0.25, 0.3) is 0 Å². The quantitative estimate of drug-likeness (QED) is 0.578. The molecule has 0 bridgehead atoms. The minimum absolute atomic E-state index is 0.273. The fourth-order valence-corrected chi connectivity index (χ4v) is 4.15. The molecule has 0 unspecified atom stereocenters. The van der Waals surface area contributed by atoms with Crippen LogP contribution < -0.4 is 0 Å². The summed E-state index contributed by atoms with van der Waals surface area (Å²) in [5.74, 6) is 0.459. The standard InChI is InChI=1S/C21H24FN5S/c1-25(18-5-3-2-4-6-18)15-26-21(28)27(19-9-7-17(22)8-10-19)20(24-26)16-11-13-23-14-12-16/h7-14,18H,2-6,15H2,1H3. The van der Waals surface area contributed by atoms with Crippen molar-refractivity contribution in [1.29, 1.82) is 0 Å². The Morgan fingerprint density at radius 3 is 2.43 bits per heavy atom. The fourth-order valence-electron chi connectivity index (χ4n) is 3.86. The molecule has 5 nitrogen and oxygen atoms in total. The van der Waals surface area contributed by atoms with Crippen LogP contribution >= 0.6 is 12.2 Å². The number of pyridine rings is 1. The molecule has 0 radical (unpaired) electrons. The van der Waals surface area contributed by atoms with E-state index in [9.17, 15) is 4.39 Å². The van der Waals surface area contributed by atoms with Crippen molar-refractivity contribution in [3.05, 3.63) is 59.4 Å². The monoisotopic (exact) mass is 397 g/mol. The van der Waals surface area contributed by atoms with Gasteiger partial charge in [0.15, 0.2) is 5.82 Å². The molecule has 0 saturated heterocycles. The number of rotatable bonds is 5. The highest BCUT2D eigenvalue weighted by Gasteiger charge is 2.20. The van der Waals surface area contributed by atoms with E-state index in [2.05, 4.69) is 16.9 Å². The predicted octanol–water partition coefficient (Wildman–Crippen LogP) is 4.83. The van der Waals surface area contributed by atoms with Crippen molar-refractivity contribution in [2.75, 3.05) is 7.05 Å². The molecule has 0 amide bonds. The van der Waals surface area contributed by atoms with Crippen molar-refractivity contribution >= 4 is 12.2 Å². The molecule has 2 aromatic heterocycles. The normalized spacial score (nSPS) is 15.2. The van der Waals surface area contributed by atoms with Gasteiger partial charge in [0, 0.05) is 24.0 Å². The van der Waals surface area contributed by atoms with E-state index in [0.29, 0.717) is 17.5 Å². The van der Waals surface area contributed by atoms with Crippen molar-refractivity contribution < 1.29 is 4.39 Å². The number of nitrogens with zero attached hydrogens (tertiary/aromatic N) is 5. The van der Waals surface area contributed by atoms with E-state index in [1.165, 1.54) is 44.2 Å². The Labute approximate surface area is 169 Å². The summed E-state index contributed by atoms with van der Waals surface area (Å²) in [6, 6.07) is 10.7. The second-order valence-electron chi connectivity index (χ2n) is 7.34. The molecule has 3 aromatic rings. The highest BCUT2D eigenvalue weighted by molar-refractivity contribution is 7.71. The average molecular weight is 398 g/mol. The van der Waals surface area contributed by atoms with Crippen LogP contribution in [-0.2, 0) is 6.67 Å². The minimum Gasteiger partial charge on any atom is -0.284 e. The molecule has 1 saturated carbocycles. The lowest BCUT2D eigenvalue weighted by Crippen LogP contribution is -2.35. The number of benzene rings is 1. The van der Waals surface area contributed by atoms with Gasteiger partial charge in [-0.3, -0.25) is 14.5 Å². The number of halogens is 1. The van der Waals surface area contributed by atoms with Gasteiger partial charge in [-0.15, -0.1) is 5.10 Å². The lowest BCUT2D eigenvalue weighted by Gasteiger charge is -2.30. The van der Waals surface area contributed by atoms with Crippen LogP contribution in [0.2, 0.25) is 0 Å². The van der Waals surface area contributed by atoms with Crippen molar-refractivity contribution in [3.63, 3.8) is 0 Å². The summed E-state index contributed by atoms with van der Waals surface area (Å²) in [5.41, 5.74) is 1.72. The van der Waals surface area contributed by atoms with E-state index >= 15 is 0 Å². The van der Waals surface area contributed by atoms with E-state index in [4.69, 9.17) is 17.3 Å². The van der Waals surface area contributed by atoms with Gasteiger partial charge in [-0.25, -0.2) is 9.07 Å². The van der Waals surface area contributed by atoms with E-state index in [-0.39, 0.29) is 5.82 Å². The Kier molecular flexibility index (Phi) is 5.64. The largest absolute Gasteiger partial charge is 0.284 e. The summed E-state index contributed by atoms with van der Waals surface area (Å²) in [5, 5.41) is 4.83. The van der Waals surface area contributed by atoms with Gasteiger partial charge in [0.2, 0.25) is 4.77 Å². The second kappa shape index (κ2) is 8.32. The van der Waals surface area contributed by atoms with Crippen LogP contribution in [0, 0.1) is 10.6 Å². The van der Waals surface area contributed by atoms with Crippen LogP contribution in [0.15, 0.2) is 48.8 Å².